The highest BCUT2D eigenvalue weighted by Crippen LogP contribution is 2.31. The Morgan fingerprint density at radius 1 is 1.50 bits per heavy atom. The first-order valence-electron chi connectivity index (χ1n) is 5.30. The molecule has 0 unspecified atom stereocenters. The monoisotopic (exact) mass is 240 g/mol. The number of hydrogen-bond acceptors (Lipinski definition) is 3. The van der Waals surface area contributed by atoms with Crippen molar-refractivity contribution in [2.24, 2.45) is 10.7 Å². The first kappa shape index (κ1) is 11.7. The molecule has 1 aromatic heterocycles. The quantitative estimate of drug-likeness (QED) is 0.636. The maximum atomic E-state index is 9.19. The molecule has 0 spiro atoms. The van der Waals surface area contributed by atoms with Crippen molar-refractivity contribution < 1.29 is 4.74 Å². The van der Waals surface area contributed by atoms with Gasteiger partial charge in [-0.2, -0.15) is 5.26 Å². The molecule has 0 saturated heterocycles. The van der Waals surface area contributed by atoms with E-state index in [9.17, 15) is 5.26 Å². The topological polar surface area (TPSA) is 87.2 Å². The maximum absolute atomic E-state index is 9.19. The summed E-state index contributed by atoms with van der Waals surface area (Å²) in [5, 5.41) is 9.19. The van der Waals surface area contributed by atoms with Gasteiger partial charge in [-0.15, -0.1) is 0 Å². The van der Waals surface area contributed by atoms with Crippen LogP contribution < -0.4 is 10.5 Å². The average molecular weight is 240 g/mol. The van der Waals surface area contributed by atoms with Crippen LogP contribution in [-0.2, 0) is 0 Å². The molecule has 1 aromatic carbocycles. The Kier molecular flexibility index (Phi) is 3.30. The van der Waals surface area contributed by atoms with Crippen LogP contribution in [-0.4, -0.2) is 18.4 Å². The molecule has 18 heavy (non-hydrogen) atoms. The molecule has 0 atom stereocenters. The summed E-state index contributed by atoms with van der Waals surface area (Å²) < 4.78 is 5.16. The number of nitrogens with two attached hydrogens (primary N) is 1. The predicted molar refractivity (Wildman–Crippen MR) is 69.8 cm³/mol. The highest BCUT2D eigenvalue weighted by molar-refractivity contribution is 5.77. The summed E-state index contributed by atoms with van der Waals surface area (Å²) in [7, 11) is 1.60. The van der Waals surface area contributed by atoms with Gasteiger partial charge in [0.25, 0.3) is 0 Å². The number of nitriles is 1. The van der Waals surface area contributed by atoms with Crippen LogP contribution >= 0.6 is 0 Å². The lowest BCUT2D eigenvalue weighted by Crippen LogP contribution is -1.87. The molecule has 3 N–H and O–H groups in total. The number of nitrogens with zero attached hydrogens (tertiary/aromatic N) is 2. The third-order valence-corrected chi connectivity index (χ3v) is 2.56. The first-order chi connectivity index (χ1) is 8.80. The minimum Gasteiger partial charge on any atom is -0.497 e. The molecule has 5 nitrogen and oxygen atoms in total. The molecule has 0 radical (unpaired) electrons. The normalized spacial score (nSPS) is 10.4. The predicted octanol–water partition coefficient (Wildman–Crippen LogP) is 2.18. The number of aromatic amines is 1. The Bertz CT molecular complexity index is 622. The van der Waals surface area contributed by atoms with Crippen molar-refractivity contribution >= 4 is 12.2 Å². The minimum absolute atomic E-state index is 0.456. The fourth-order valence-corrected chi connectivity index (χ4v) is 1.72. The number of rotatable bonds is 3. The van der Waals surface area contributed by atoms with E-state index in [2.05, 4.69) is 16.0 Å². The zero-order chi connectivity index (χ0) is 13.0. The molecule has 5 heteroatoms. The van der Waals surface area contributed by atoms with Crippen molar-refractivity contribution in [3.63, 3.8) is 0 Å². The van der Waals surface area contributed by atoms with Crippen LogP contribution in [0.25, 0.3) is 11.1 Å². The Morgan fingerprint density at radius 3 is 3.00 bits per heavy atom. The van der Waals surface area contributed by atoms with Crippen LogP contribution in [0.3, 0.4) is 0 Å². The number of H-pyrrole nitrogens is 1. The van der Waals surface area contributed by atoms with E-state index < -0.39 is 0 Å². The van der Waals surface area contributed by atoms with Gasteiger partial charge in [0.15, 0.2) is 0 Å². The van der Waals surface area contributed by atoms with Gasteiger partial charge in [-0.05, 0) is 17.7 Å². The smallest absolute Gasteiger partial charge is 0.150 e. The van der Waals surface area contributed by atoms with Crippen LogP contribution in [0.2, 0.25) is 0 Å². The highest BCUT2D eigenvalue weighted by atomic mass is 16.5. The molecule has 0 fully saturated rings. The first-order valence-corrected chi connectivity index (χ1v) is 5.30. The van der Waals surface area contributed by atoms with E-state index in [1.165, 1.54) is 0 Å². The van der Waals surface area contributed by atoms with Crippen molar-refractivity contribution in [2.75, 3.05) is 7.11 Å². The zero-order valence-electron chi connectivity index (χ0n) is 9.84. The van der Waals surface area contributed by atoms with E-state index in [0.29, 0.717) is 11.4 Å². The average Bonchev–Trinajstić information content (AvgIpc) is 2.82. The summed E-state index contributed by atoms with van der Waals surface area (Å²) in [6.45, 7) is 0. The Balaban J connectivity index is 2.54. The summed E-state index contributed by atoms with van der Waals surface area (Å²) >= 11 is 0. The number of benzene rings is 1. The van der Waals surface area contributed by atoms with Crippen molar-refractivity contribution in [2.45, 2.75) is 0 Å². The summed E-state index contributed by atoms with van der Waals surface area (Å²) in [6.07, 6.45) is 2.89. The summed E-state index contributed by atoms with van der Waals surface area (Å²) in [5.74, 6) is 1.19. The van der Waals surface area contributed by atoms with Crippen molar-refractivity contribution in [1.82, 2.24) is 4.98 Å². The van der Waals surface area contributed by atoms with Gasteiger partial charge in [0.05, 0.1) is 13.4 Å². The van der Waals surface area contributed by atoms with E-state index in [4.69, 9.17) is 10.5 Å². The second-order valence-electron chi connectivity index (χ2n) is 3.55. The molecular formula is C13H12N4O. The maximum Gasteiger partial charge on any atom is 0.150 e. The second kappa shape index (κ2) is 5.06. The SMILES string of the molecule is COc1cccc(-c2c[nH]c(/N=C/N)c2C#N)c1. The molecule has 0 aliphatic rings. The van der Waals surface area contributed by atoms with Crippen LogP contribution in [0.5, 0.6) is 5.75 Å². The standard InChI is InChI=1S/C13H12N4O/c1-18-10-4-2-3-9(5-10)12-7-16-13(17-8-15)11(12)6-14/h2-5,7-8,16H,1H3,(H2,15,17). The molecule has 0 amide bonds. The van der Waals surface area contributed by atoms with E-state index in [-0.39, 0.29) is 0 Å². The number of nitrogens with one attached hydrogen (secondary N) is 1. The molecule has 0 saturated carbocycles. The third kappa shape index (κ3) is 2.04. The Morgan fingerprint density at radius 2 is 2.33 bits per heavy atom. The van der Waals surface area contributed by atoms with Gasteiger partial charge >= 0.3 is 0 Å². The van der Waals surface area contributed by atoms with Crippen LogP contribution in [0.15, 0.2) is 35.5 Å². The Hall–Kier alpha value is -2.74. The second-order valence-corrected chi connectivity index (χ2v) is 3.55. The van der Waals surface area contributed by atoms with Crippen molar-refractivity contribution in [3.8, 4) is 22.9 Å². The lowest BCUT2D eigenvalue weighted by molar-refractivity contribution is 0.415. The van der Waals surface area contributed by atoms with Gasteiger partial charge in [0.1, 0.15) is 23.2 Å². The number of ether oxygens (including phenoxy) is 1. The summed E-state index contributed by atoms with van der Waals surface area (Å²) in [5.41, 5.74) is 7.36. The fourth-order valence-electron chi connectivity index (χ4n) is 1.72. The minimum atomic E-state index is 0.456. The fraction of sp³-hybridized carbons (Fsp3) is 0.0769. The van der Waals surface area contributed by atoms with Crippen molar-refractivity contribution in [3.05, 3.63) is 36.0 Å². The van der Waals surface area contributed by atoms with E-state index in [1.807, 2.05) is 24.3 Å². The van der Waals surface area contributed by atoms with E-state index >= 15 is 0 Å². The molecule has 2 aromatic rings. The lowest BCUT2D eigenvalue weighted by atomic mass is 10.0. The van der Waals surface area contributed by atoms with Gasteiger partial charge in [0.2, 0.25) is 0 Å². The largest absolute Gasteiger partial charge is 0.497 e. The number of methoxy groups -OCH3 is 1. The van der Waals surface area contributed by atoms with Gasteiger partial charge in [-0.25, -0.2) is 4.99 Å². The number of aliphatic imine (C=N–C) groups is 1. The molecule has 0 aliphatic heterocycles. The lowest BCUT2D eigenvalue weighted by Gasteiger charge is -2.03. The molecule has 0 aliphatic carbocycles. The van der Waals surface area contributed by atoms with Crippen LogP contribution in [0, 0.1) is 11.3 Å². The summed E-state index contributed by atoms with van der Waals surface area (Å²) in [4.78, 5) is 6.83. The highest BCUT2D eigenvalue weighted by Gasteiger charge is 2.12. The molecule has 2 rings (SSSR count). The van der Waals surface area contributed by atoms with Crippen LogP contribution in [0.1, 0.15) is 5.56 Å². The molecule has 1 heterocycles. The van der Waals surface area contributed by atoms with E-state index in [1.54, 1.807) is 13.3 Å². The van der Waals surface area contributed by atoms with Crippen molar-refractivity contribution in [1.29, 1.82) is 5.26 Å². The Labute approximate surface area is 105 Å². The third-order valence-electron chi connectivity index (χ3n) is 2.56. The zero-order valence-corrected chi connectivity index (χ0v) is 9.84. The van der Waals surface area contributed by atoms with E-state index in [0.717, 1.165) is 23.2 Å². The number of hydrogen-bond donors (Lipinski definition) is 2. The van der Waals surface area contributed by atoms with Crippen LogP contribution in [0.4, 0.5) is 5.82 Å². The molecule has 0 bridgehead atoms. The molecular weight excluding hydrogens is 228 g/mol. The molecule has 90 valence electrons. The van der Waals surface area contributed by atoms with Gasteiger partial charge in [0, 0.05) is 11.8 Å². The number of aromatic nitrogens is 1. The van der Waals surface area contributed by atoms with Gasteiger partial charge in [-0.1, -0.05) is 12.1 Å². The van der Waals surface area contributed by atoms with Gasteiger partial charge < -0.3 is 15.5 Å². The van der Waals surface area contributed by atoms with Gasteiger partial charge in [-0.3, -0.25) is 0 Å². The summed E-state index contributed by atoms with van der Waals surface area (Å²) in [6, 6.07) is 9.61.